The molecule has 0 atom stereocenters. The lowest BCUT2D eigenvalue weighted by Gasteiger charge is -2.09. The second kappa shape index (κ2) is 9.14. The van der Waals surface area contributed by atoms with Gasteiger partial charge in [0.05, 0.1) is 24.4 Å². The normalized spacial score (nSPS) is 10.5. The van der Waals surface area contributed by atoms with Gasteiger partial charge >= 0.3 is 0 Å². The van der Waals surface area contributed by atoms with E-state index in [0.717, 1.165) is 11.3 Å². The number of hydrogen-bond acceptors (Lipinski definition) is 5. The van der Waals surface area contributed by atoms with E-state index < -0.39 is 0 Å². The third-order valence-electron chi connectivity index (χ3n) is 3.93. The minimum Gasteiger partial charge on any atom is -0.494 e. The van der Waals surface area contributed by atoms with Crippen molar-refractivity contribution in [3.8, 4) is 17.0 Å². The van der Waals surface area contributed by atoms with E-state index >= 15 is 0 Å². The summed E-state index contributed by atoms with van der Waals surface area (Å²) in [6, 6.07) is 13.8. The number of pyridine rings is 1. The number of amides is 1. The van der Waals surface area contributed by atoms with Crippen LogP contribution in [0.1, 0.15) is 17.3 Å². The molecule has 28 heavy (non-hydrogen) atoms. The predicted molar refractivity (Wildman–Crippen MR) is 107 cm³/mol. The van der Waals surface area contributed by atoms with Crippen LogP contribution >= 0.6 is 11.6 Å². The van der Waals surface area contributed by atoms with Gasteiger partial charge in [-0.15, -0.1) is 0 Å². The maximum Gasteiger partial charge on any atom is 0.266 e. The van der Waals surface area contributed by atoms with Gasteiger partial charge in [-0.25, -0.2) is 9.67 Å². The number of carbonyl (C=O) groups excluding carboxylic acids is 1. The summed E-state index contributed by atoms with van der Waals surface area (Å²) in [5, 5.41) is 7.44. The van der Waals surface area contributed by atoms with E-state index in [-0.39, 0.29) is 24.6 Å². The SMILES string of the molecule is CCOc1ccc(-c2ccc(=O)n(CCNC(=O)c3ccc(Cl)nc3)n2)cc1. The van der Waals surface area contributed by atoms with Gasteiger partial charge in [0, 0.05) is 24.4 Å². The first kappa shape index (κ1) is 19.6. The van der Waals surface area contributed by atoms with Gasteiger partial charge in [0.25, 0.3) is 11.5 Å². The molecular formula is C20H19ClN4O3. The summed E-state index contributed by atoms with van der Waals surface area (Å²) in [5.41, 5.74) is 1.69. The fourth-order valence-corrected chi connectivity index (χ4v) is 2.65. The number of nitrogens with zero attached hydrogens (tertiary/aromatic N) is 3. The van der Waals surface area contributed by atoms with Crippen LogP contribution in [0.15, 0.2) is 59.5 Å². The van der Waals surface area contributed by atoms with Crippen molar-refractivity contribution in [2.75, 3.05) is 13.2 Å². The van der Waals surface area contributed by atoms with Crippen LogP contribution in [0.2, 0.25) is 5.15 Å². The highest BCUT2D eigenvalue weighted by Crippen LogP contribution is 2.19. The van der Waals surface area contributed by atoms with Crippen molar-refractivity contribution >= 4 is 17.5 Å². The van der Waals surface area contributed by atoms with Gasteiger partial charge in [0.1, 0.15) is 10.9 Å². The summed E-state index contributed by atoms with van der Waals surface area (Å²) in [5.74, 6) is 0.485. The fourth-order valence-electron chi connectivity index (χ4n) is 2.54. The number of ether oxygens (including phenoxy) is 1. The molecule has 0 saturated carbocycles. The summed E-state index contributed by atoms with van der Waals surface area (Å²) in [6.45, 7) is 3.02. The van der Waals surface area contributed by atoms with Gasteiger partial charge in [-0.3, -0.25) is 9.59 Å². The van der Waals surface area contributed by atoms with E-state index in [9.17, 15) is 9.59 Å². The molecule has 3 aromatic rings. The number of aromatic nitrogens is 3. The lowest BCUT2D eigenvalue weighted by atomic mass is 10.1. The third-order valence-corrected chi connectivity index (χ3v) is 4.15. The third kappa shape index (κ3) is 4.95. The summed E-state index contributed by atoms with van der Waals surface area (Å²) in [4.78, 5) is 28.0. The topological polar surface area (TPSA) is 86.1 Å². The number of halogens is 1. The number of carbonyl (C=O) groups is 1. The maximum atomic E-state index is 12.1. The minimum absolute atomic E-state index is 0.239. The lowest BCUT2D eigenvalue weighted by Crippen LogP contribution is -2.32. The molecule has 0 fully saturated rings. The zero-order valence-corrected chi connectivity index (χ0v) is 16.0. The average Bonchev–Trinajstić information content (AvgIpc) is 2.71. The summed E-state index contributed by atoms with van der Waals surface area (Å²) >= 11 is 5.71. The molecule has 3 rings (SSSR count). The highest BCUT2D eigenvalue weighted by Gasteiger charge is 2.07. The maximum absolute atomic E-state index is 12.1. The van der Waals surface area contributed by atoms with Crippen LogP contribution in [-0.2, 0) is 6.54 Å². The molecule has 7 nitrogen and oxygen atoms in total. The second-order valence-corrected chi connectivity index (χ2v) is 6.25. The molecule has 0 spiro atoms. The van der Waals surface area contributed by atoms with E-state index in [1.807, 2.05) is 31.2 Å². The van der Waals surface area contributed by atoms with Gasteiger partial charge in [-0.1, -0.05) is 11.6 Å². The Hall–Kier alpha value is -3.19. The lowest BCUT2D eigenvalue weighted by molar-refractivity contribution is 0.0951. The number of rotatable bonds is 7. The highest BCUT2D eigenvalue weighted by molar-refractivity contribution is 6.29. The molecule has 0 radical (unpaired) electrons. The first-order valence-corrected chi connectivity index (χ1v) is 9.16. The van der Waals surface area contributed by atoms with Gasteiger partial charge in [-0.05, 0) is 49.4 Å². The van der Waals surface area contributed by atoms with Gasteiger partial charge in [-0.2, -0.15) is 5.10 Å². The molecule has 0 unspecified atom stereocenters. The first-order chi connectivity index (χ1) is 13.6. The molecule has 1 N–H and O–H groups in total. The Bertz CT molecular complexity index is 1000. The molecular weight excluding hydrogens is 380 g/mol. The highest BCUT2D eigenvalue weighted by atomic mass is 35.5. The minimum atomic E-state index is -0.292. The van der Waals surface area contributed by atoms with Crippen molar-refractivity contribution in [2.24, 2.45) is 0 Å². The molecule has 0 saturated heterocycles. The zero-order chi connectivity index (χ0) is 19.9. The van der Waals surface area contributed by atoms with Crippen LogP contribution in [0.25, 0.3) is 11.3 Å². The fraction of sp³-hybridized carbons (Fsp3) is 0.200. The number of benzene rings is 1. The molecule has 1 aromatic carbocycles. The van der Waals surface area contributed by atoms with E-state index in [2.05, 4.69) is 15.4 Å². The molecule has 0 aliphatic rings. The average molecular weight is 399 g/mol. The molecule has 144 valence electrons. The van der Waals surface area contributed by atoms with Crippen molar-refractivity contribution in [3.63, 3.8) is 0 Å². The molecule has 8 heteroatoms. The Labute approximate surface area is 166 Å². The van der Waals surface area contributed by atoms with E-state index in [1.165, 1.54) is 16.9 Å². The Balaban J connectivity index is 1.65. The van der Waals surface area contributed by atoms with Gasteiger partial charge in [0.15, 0.2) is 0 Å². The summed E-state index contributed by atoms with van der Waals surface area (Å²) < 4.78 is 6.76. The predicted octanol–water partition coefficient (Wildman–Crippen LogP) is 2.79. The van der Waals surface area contributed by atoms with Crippen LogP contribution in [0, 0.1) is 0 Å². The molecule has 0 aliphatic carbocycles. The van der Waals surface area contributed by atoms with Crippen LogP contribution in [0.4, 0.5) is 0 Å². The molecule has 0 aliphatic heterocycles. The van der Waals surface area contributed by atoms with Gasteiger partial charge in [0.2, 0.25) is 0 Å². The summed E-state index contributed by atoms with van der Waals surface area (Å²) in [6.07, 6.45) is 1.40. The van der Waals surface area contributed by atoms with Crippen LogP contribution < -0.4 is 15.6 Å². The molecule has 2 aromatic heterocycles. The van der Waals surface area contributed by atoms with Crippen molar-refractivity contribution in [1.29, 1.82) is 0 Å². The smallest absolute Gasteiger partial charge is 0.266 e. The van der Waals surface area contributed by atoms with Crippen molar-refractivity contribution in [1.82, 2.24) is 20.1 Å². The van der Waals surface area contributed by atoms with E-state index in [0.29, 0.717) is 23.0 Å². The second-order valence-electron chi connectivity index (χ2n) is 5.86. The molecule has 0 bridgehead atoms. The van der Waals surface area contributed by atoms with E-state index in [1.54, 1.807) is 18.2 Å². The Morgan fingerprint density at radius 1 is 1.14 bits per heavy atom. The standard InChI is InChI=1S/C20H19ClN4O3/c1-2-28-16-6-3-14(4-7-16)17-8-10-19(26)25(24-17)12-11-22-20(27)15-5-9-18(21)23-13-15/h3-10,13H,2,11-12H2,1H3,(H,22,27). The molecule has 1 amide bonds. The van der Waals surface area contributed by atoms with Crippen LogP contribution in [0.3, 0.4) is 0 Å². The first-order valence-electron chi connectivity index (χ1n) is 8.78. The largest absolute Gasteiger partial charge is 0.494 e. The van der Waals surface area contributed by atoms with Crippen LogP contribution in [0.5, 0.6) is 5.75 Å². The number of hydrogen-bond donors (Lipinski definition) is 1. The number of nitrogens with one attached hydrogen (secondary N) is 1. The van der Waals surface area contributed by atoms with Crippen LogP contribution in [-0.4, -0.2) is 33.8 Å². The van der Waals surface area contributed by atoms with Gasteiger partial charge < -0.3 is 10.1 Å². The Morgan fingerprint density at radius 2 is 1.93 bits per heavy atom. The monoisotopic (exact) mass is 398 g/mol. The Morgan fingerprint density at radius 3 is 2.61 bits per heavy atom. The quantitative estimate of drug-likeness (QED) is 0.618. The van der Waals surface area contributed by atoms with Crippen molar-refractivity contribution in [3.05, 3.63) is 75.8 Å². The molecule has 2 heterocycles. The Kier molecular flexibility index (Phi) is 6.39. The van der Waals surface area contributed by atoms with E-state index in [4.69, 9.17) is 16.3 Å². The van der Waals surface area contributed by atoms with Crippen molar-refractivity contribution < 1.29 is 9.53 Å². The zero-order valence-electron chi connectivity index (χ0n) is 15.3. The van der Waals surface area contributed by atoms with Crippen molar-refractivity contribution in [2.45, 2.75) is 13.5 Å². The summed E-state index contributed by atoms with van der Waals surface area (Å²) in [7, 11) is 0.